The van der Waals surface area contributed by atoms with Gasteiger partial charge in [0, 0.05) is 31.1 Å². The van der Waals surface area contributed by atoms with Gasteiger partial charge in [-0.25, -0.2) is 4.39 Å². The van der Waals surface area contributed by atoms with Crippen LogP contribution in [-0.4, -0.2) is 41.3 Å². The number of fused-ring (bicyclic) bond motifs is 3. The first-order valence-corrected chi connectivity index (χ1v) is 11.9. The molecule has 2 aliphatic carbocycles. The number of halogens is 1. The van der Waals surface area contributed by atoms with Crippen LogP contribution >= 0.6 is 0 Å². The summed E-state index contributed by atoms with van der Waals surface area (Å²) in [5.74, 6) is -0.475. The zero-order valence-corrected chi connectivity index (χ0v) is 20.2. The number of phenols is 1. The van der Waals surface area contributed by atoms with E-state index in [-0.39, 0.29) is 16.7 Å². The lowest BCUT2D eigenvalue weighted by molar-refractivity contribution is 0.0959. The number of carbonyl (C=O) groups excluding carboxylic acids is 1. The number of benzene rings is 2. The second-order valence-electron chi connectivity index (χ2n) is 10.8. The Morgan fingerprint density at radius 3 is 2.44 bits per heavy atom. The normalized spacial score (nSPS) is 26.0. The van der Waals surface area contributed by atoms with Gasteiger partial charge in [0.25, 0.3) is 5.91 Å². The topological polar surface area (TPSA) is 78.4 Å². The number of amides is 1. The summed E-state index contributed by atoms with van der Waals surface area (Å²) in [4.78, 5) is 14.1. The minimum atomic E-state index is -0.661. The van der Waals surface area contributed by atoms with E-state index in [2.05, 4.69) is 41.3 Å². The molecule has 3 atom stereocenters. The van der Waals surface area contributed by atoms with Gasteiger partial charge in [-0.05, 0) is 78.7 Å². The third-order valence-corrected chi connectivity index (χ3v) is 8.02. The fourth-order valence-corrected chi connectivity index (χ4v) is 6.33. The summed E-state index contributed by atoms with van der Waals surface area (Å²) >= 11 is 0. The van der Waals surface area contributed by atoms with E-state index in [1.807, 2.05) is 12.1 Å². The molecule has 6 nitrogen and oxygen atoms in total. The fourth-order valence-electron chi connectivity index (χ4n) is 6.33. The highest BCUT2D eigenvalue weighted by Crippen LogP contribution is 2.58. The van der Waals surface area contributed by atoms with Gasteiger partial charge in [0.2, 0.25) is 0 Å². The Bertz CT molecular complexity index is 1260. The van der Waals surface area contributed by atoms with Crippen molar-refractivity contribution in [3.63, 3.8) is 0 Å². The highest BCUT2D eigenvalue weighted by atomic mass is 19.1. The van der Waals surface area contributed by atoms with E-state index in [1.54, 1.807) is 12.1 Å². The van der Waals surface area contributed by atoms with Gasteiger partial charge in [0.15, 0.2) is 5.82 Å². The summed E-state index contributed by atoms with van der Waals surface area (Å²) in [6, 6.07) is 10.3. The third-order valence-electron chi connectivity index (χ3n) is 8.02. The molecule has 0 spiro atoms. The number of nitrogens with zero attached hydrogens (tertiary/aromatic N) is 3. The van der Waals surface area contributed by atoms with Gasteiger partial charge in [-0.3, -0.25) is 4.79 Å². The molecule has 2 fully saturated rings. The Labute approximate surface area is 199 Å². The van der Waals surface area contributed by atoms with Gasteiger partial charge in [-0.15, -0.1) is 10.2 Å². The zero-order valence-electron chi connectivity index (χ0n) is 20.2. The van der Waals surface area contributed by atoms with Crippen LogP contribution in [0.1, 0.15) is 56.3 Å². The van der Waals surface area contributed by atoms with Gasteiger partial charge in [0.1, 0.15) is 11.6 Å². The molecule has 1 aromatic heterocycles. The van der Waals surface area contributed by atoms with Gasteiger partial charge in [0.05, 0.1) is 11.3 Å². The third kappa shape index (κ3) is 3.77. The molecule has 2 aliphatic rings. The van der Waals surface area contributed by atoms with Crippen LogP contribution < -0.4 is 10.2 Å². The highest BCUT2D eigenvalue weighted by Gasteiger charge is 2.50. The van der Waals surface area contributed by atoms with Crippen molar-refractivity contribution in [1.29, 1.82) is 0 Å². The lowest BCUT2D eigenvalue weighted by Gasteiger charge is -2.44. The number of aromatic hydroxyl groups is 1. The van der Waals surface area contributed by atoms with E-state index in [4.69, 9.17) is 0 Å². The first-order chi connectivity index (χ1) is 16.1. The van der Waals surface area contributed by atoms with Crippen molar-refractivity contribution in [2.24, 2.45) is 10.8 Å². The molecule has 5 rings (SSSR count). The Morgan fingerprint density at radius 2 is 1.82 bits per heavy atom. The van der Waals surface area contributed by atoms with Gasteiger partial charge in [-0.2, -0.15) is 0 Å². The van der Waals surface area contributed by atoms with Crippen LogP contribution in [0, 0.1) is 16.6 Å². The molecule has 2 aromatic carbocycles. The minimum Gasteiger partial charge on any atom is -0.507 e. The Hall–Kier alpha value is -3.22. The second kappa shape index (κ2) is 7.93. The average molecular weight is 463 g/mol. The number of anilines is 1. The summed E-state index contributed by atoms with van der Waals surface area (Å²) in [5.41, 5.74) is 1.73. The largest absolute Gasteiger partial charge is 0.507 e. The van der Waals surface area contributed by atoms with Crippen molar-refractivity contribution in [2.75, 3.05) is 19.0 Å². The van der Waals surface area contributed by atoms with Gasteiger partial charge < -0.3 is 15.3 Å². The van der Waals surface area contributed by atoms with Crippen LogP contribution in [-0.2, 0) is 0 Å². The number of hydrogen-bond donors (Lipinski definition) is 2. The fraction of sp³-hybridized carbons (Fsp3) is 0.444. The standard InChI is InChI=1S/C27H31FN4O2/c1-26-9-10-27(2,15-26)14-17(13-26)32(4)23-8-7-21(30-31-23)20-11-16-5-6-18(25(34)29-3)24(28)19(16)12-22(20)33/h5-8,11-12,17,33H,9-10,13-15H2,1-4H3,(H,29,34)/t17-,26-,27+. The first kappa shape index (κ1) is 22.6. The maximum absolute atomic E-state index is 14.8. The molecule has 1 amide bonds. The molecule has 7 heteroatoms. The van der Waals surface area contributed by atoms with Crippen molar-refractivity contribution in [2.45, 2.75) is 52.0 Å². The maximum atomic E-state index is 14.8. The molecule has 34 heavy (non-hydrogen) atoms. The van der Waals surface area contributed by atoms with E-state index < -0.39 is 11.7 Å². The predicted octanol–water partition coefficient (Wildman–Crippen LogP) is 5.30. The van der Waals surface area contributed by atoms with Crippen LogP contribution in [0.4, 0.5) is 10.2 Å². The highest BCUT2D eigenvalue weighted by molar-refractivity contribution is 6.00. The van der Waals surface area contributed by atoms with E-state index in [0.29, 0.717) is 33.5 Å². The van der Waals surface area contributed by atoms with Crippen LogP contribution in [0.5, 0.6) is 5.75 Å². The summed E-state index contributed by atoms with van der Waals surface area (Å²) in [6.07, 6.45) is 6.23. The van der Waals surface area contributed by atoms with E-state index in [1.165, 1.54) is 38.4 Å². The summed E-state index contributed by atoms with van der Waals surface area (Å²) in [5, 5.41) is 22.7. The predicted molar refractivity (Wildman–Crippen MR) is 131 cm³/mol. The van der Waals surface area contributed by atoms with Crippen LogP contribution in [0.3, 0.4) is 0 Å². The van der Waals surface area contributed by atoms with Crippen LogP contribution in [0.2, 0.25) is 0 Å². The molecular weight excluding hydrogens is 431 g/mol. The molecule has 178 valence electrons. The maximum Gasteiger partial charge on any atom is 0.254 e. The molecule has 0 unspecified atom stereocenters. The van der Waals surface area contributed by atoms with Crippen LogP contribution in [0.15, 0.2) is 36.4 Å². The first-order valence-electron chi connectivity index (χ1n) is 11.9. The Balaban J connectivity index is 1.42. The molecule has 0 saturated heterocycles. The molecule has 3 aromatic rings. The van der Waals surface area contributed by atoms with Crippen molar-refractivity contribution in [1.82, 2.24) is 15.5 Å². The number of rotatable bonds is 4. The minimum absolute atomic E-state index is 0.0619. The lowest BCUT2D eigenvalue weighted by atomic mass is 9.68. The number of nitrogens with one attached hydrogen (secondary N) is 1. The van der Waals surface area contributed by atoms with Crippen molar-refractivity contribution < 1.29 is 14.3 Å². The molecular formula is C27H31FN4O2. The molecule has 2 saturated carbocycles. The summed E-state index contributed by atoms with van der Waals surface area (Å²) < 4.78 is 14.8. The van der Waals surface area contributed by atoms with Gasteiger partial charge >= 0.3 is 0 Å². The smallest absolute Gasteiger partial charge is 0.254 e. The quantitative estimate of drug-likeness (QED) is 0.550. The number of hydrogen-bond acceptors (Lipinski definition) is 5. The lowest BCUT2D eigenvalue weighted by Crippen LogP contribution is -2.42. The second-order valence-corrected chi connectivity index (χ2v) is 10.8. The Morgan fingerprint density at radius 1 is 1.12 bits per heavy atom. The number of carbonyl (C=O) groups is 1. The zero-order chi connectivity index (χ0) is 24.3. The monoisotopic (exact) mass is 462 g/mol. The number of aromatic nitrogens is 2. The summed E-state index contributed by atoms with van der Waals surface area (Å²) in [7, 11) is 3.54. The number of phenolic OH excluding ortho intramolecular Hbond substituents is 1. The van der Waals surface area contributed by atoms with E-state index in [0.717, 1.165) is 18.7 Å². The molecule has 1 heterocycles. The van der Waals surface area contributed by atoms with Gasteiger partial charge in [-0.1, -0.05) is 19.9 Å². The molecule has 2 bridgehead atoms. The van der Waals surface area contributed by atoms with E-state index in [9.17, 15) is 14.3 Å². The average Bonchev–Trinajstić information content (AvgIpc) is 3.05. The summed E-state index contributed by atoms with van der Waals surface area (Å²) in [6.45, 7) is 4.83. The Kier molecular flexibility index (Phi) is 5.26. The van der Waals surface area contributed by atoms with Crippen molar-refractivity contribution in [3.8, 4) is 17.0 Å². The SMILES string of the molecule is CNC(=O)c1ccc2cc(-c3ccc(N(C)[C@H]4C[C@]5(C)CC[C@](C)(C4)C5)nn3)c(O)cc2c1F. The van der Waals surface area contributed by atoms with Crippen molar-refractivity contribution >= 4 is 22.5 Å². The molecule has 0 radical (unpaired) electrons. The van der Waals surface area contributed by atoms with Crippen LogP contribution in [0.25, 0.3) is 22.0 Å². The van der Waals surface area contributed by atoms with E-state index >= 15 is 0 Å². The molecule has 0 aliphatic heterocycles. The van der Waals surface area contributed by atoms with Crippen molar-refractivity contribution in [3.05, 3.63) is 47.8 Å². The molecule has 2 N–H and O–H groups in total.